The van der Waals surface area contributed by atoms with Crippen LogP contribution in [0.5, 0.6) is 0 Å². The molecule has 88 valence electrons. The largest absolute Gasteiger partial charge is 0.397 e. The number of rotatable bonds is 2. The van der Waals surface area contributed by atoms with Crippen molar-refractivity contribution in [2.24, 2.45) is 0 Å². The molecule has 0 atom stereocenters. The average molecular weight is 226 g/mol. The van der Waals surface area contributed by atoms with Crippen LogP contribution in [0, 0.1) is 20.8 Å². The van der Waals surface area contributed by atoms with E-state index in [-0.39, 0.29) is 0 Å². The minimum absolute atomic E-state index is 0.772. The van der Waals surface area contributed by atoms with Crippen LogP contribution in [0.4, 0.5) is 17.1 Å². The van der Waals surface area contributed by atoms with Gasteiger partial charge in [-0.05, 0) is 61.7 Å². The summed E-state index contributed by atoms with van der Waals surface area (Å²) in [4.78, 5) is 0. The SMILES string of the molecule is Cc1ccc(N)c(Nc2ccc(C)c(C)c2)c1. The molecule has 0 aliphatic rings. The molecule has 0 aromatic heterocycles. The first kappa shape index (κ1) is 11.5. The van der Waals surface area contributed by atoms with E-state index in [1.807, 2.05) is 12.1 Å². The Morgan fingerprint density at radius 3 is 2.35 bits per heavy atom. The fourth-order valence-electron chi connectivity index (χ4n) is 1.75. The van der Waals surface area contributed by atoms with E-state index in [1.54, 1.807) is 0 Å². The maximum atomic E-state index is 5.94. The average Bonchev–Trinajstić information content (AvgIpc) is 2.29. The first-order valence-corrected chi connectivity index (χ1v) is 5.76. The van der Waals surface area contributed by atoms with Crippen LogP contribution in [0.1, 0.15) is 16.7 Å². The van der Waals surface area contributed by atoms with Gasteiger partial charge < -0.3 is 11.1 Å². The molecule has 0 bridgehead atoms. The molecule has 2 aromatic carbocycles. The van der Waals surface area contributed by atoms with Crippen LogP contribution in [0.15, 0.2) is 36.4 Å². The predicted octanol–water partition coefficient (Wildman–Crippen LogP) is 3.94. The van der Waals surface area contributed by atoms with Gasteiger partial charge in [0.15, 0.2) is 0 Å². The highest BCUT2D eigenvalue weighted by Gasteiger charge is 2.01. The fraction of sp³-hybridized carbons (Fsp3) is 0.200. The van der Waals surface area contributed by atoms with Crippen molar-refractivity contribution in [1.29, 1.82) is 0 Å². The van der Waals surface area contributed by atoms with Gasteiger partial charge in [-0.3, -0.25) is 0 Å². The van der Waals surface area contributed by atoms with Gasteiger partial charge in [0.1, 0.15) is 0 Å². The van der Waals surface area contributed by atoms with E-state index in [0.29, 0.717) is 0 Å². The molecule has 0 saturated heterocycles. The van der Waals surface area contributed by atoms with Crippen molar-refractivity contribution in [2.75, 3.05) is 11.1 Å². The molecule has 0 saturated carbocycles. The summed E-state index contributed by atoms with van der Waals surface area (Å²) in [5, 5.41) is 3.36. The molecule has 0 fully saturated rings. The highest BCUT2D eigenvalue weighted by molar-refractivity contribution is 5.73. The van der Waals surface area contributed by atoms with Crippen molar-refractivity contribution < 1.29 is 0 Å². The molecule has 0 aliphatic heterocycles. The zero-order chi connectivity index (χ0) is 12.4. The lowest BCUT2D eigenvalue weighted by molar-refractivity contribution is 1.33. The zero-order valence-electron chi connectivity index (χ0n) is 10.5. The van der Waals surface area contributed by atoms with Crippen molar-refractivity contribution in [3.8, 4) is 0 Å². The molecule has 0 heterocycles. The van der Waals surface area contributed by atoms with Gasteiger partial charge in [0.25, 0.3) is 0 Å². The summed E-state index contributed by atoms with van der Waals surface area (Å²) in [5.41, 5.74) is 12.5. The molecule has 0 aliphatic carbocycles. The Morgan fingerprint density at radius 2 is 1.65 bits per heavy atom. The van der Waals surface area contributed by atoms with Gasteiger partial charge >= 0.3 is 0 Å². The van der Waals surface area contributed by atoms with Crippen molar-refractivity contribution in [3.05, 3.63) is 53.1 Å². The Bertz CT molecular complexity index is 545. The standard InChI is InChI=1S/C15H18N2/c1-10-4-7-14(16)15(8-10)17-13-6-5-11(2)12(3)9-13/h4-9,17H,16H2,1-3H3. The first-order chi connectivity index (χ1) is 8.06. The van der Waals surface area contributed by atoms with E-state index >= 15 is 0 Å². The van der Waals surface area contributed by atoms with Gasteiger partial charge in [0.05, 0.1) is 11.4 Å². The maximum absolute atomic E-state index is 5.94. The van der Waals surface area contributed by atoms with Gasteiger partial charge in [-0.2, -0.15) is 0 Å². The van der Waals surface area contributed by atoms with Gasteiger partial charge in [-0.1, -0.05) is 12.1 Å². The Hall–Kier alpha value is -1.96. The molecule has 0 amide bonds. The monoisotopic (exact) mass is 226 g/mol. The second kappa shape index (κ2) is 4.50. The highest BCUT2D eigenvalue weighted by Crippen LogP contribution is 2.25. The maximum Gasteiger partial charge on any atom is 0.0620 e. The third-order valence-electron chi connectivity index (χ3n) is 2.99. The van der Waals surface area contributed by atoms with Crippen molar-refractivity contribution in [1.82, 2.24) is 0 Å². The fourth-order valence-corrected chi connectivity index (χ4v) is 1.75. The van der Waals surface area contributed by atoms with E-state index < -0.39 is 0 Å². The van der Waals surface area contributed by atoms with E-state index in [1.165, 1.54) is 16.7 Å². The Balaban J connectivity index is 2.31. The third-order valence-corrected chi connectivity index (χ3v) is 2.99. The summed E-state index contributed by atoms with van der Waals surface area (Å²) in [6.45, 7) is 6.28. The molecule has 0 spiro atoms. The molecule has 0 unspecified atom stereocenters. The van der Waals surface area contributed by atoms with E-state index in [9.17, 15) is 0 Å². The molecule has 2 aromatic rings. The molecule has 17 heavy (non-hydrogen) atoms. The Kier molecular flexibility index (Phi) is 3.05. The summed E-state index contributed by atoms with van der Waals surface area (Å²) in [7, 11) is 0. The third kappa shape index (κ3) is 2.59. The zero-order valence-corrected chi connectivity index (χ0v) is 10.5. The Labute approximate surface area is 102 Å². The number of nitrogens with one attached hydrogen (secondary N) is 1. The van der Waals surface area contributed by atoms with Crippen LogP contribution in [-0.2, 0) is 0 Å². The lowest BCUT2D eigenvalue weighted by atomic mass is 10.1. The van der Waals surface area contributed by atoms with Crippen molar-refractivity contribution in [3.63, 3.8) is 0 Å². The number of anilines is 3. The number of benzene rings is 2. The first-order valence-electron chi connectivity index (χ1n) is 5.76. The van der Waals surface area contributed by atoms with Gasteiger partial charge in [-0.15, -0.1) is 0 Å². The number of hydrogen-bond acceptors (Lipinski definition) is 2. The van der Waals surface area contributed by atoms with Crippen LogP contribution in [-0.4, -0.2) is 0 Å². The summed E-state index contributed by atoms with van der Waals surface area (Å²) >= 11 is 0. The topological polar surface area (TPSA) is 38.0 Å². The molecule has 2 nitrogen and oxygen atoms in total. The van der Waals surface area contributed by atoms with Gasteiger partial charge in [0, 0.05) is 5.69 Å². The summed E-state index contributed by atoms with van der Waals surface area (Å²) in [5.74, 6) is 0. The van der Waals surface area contributed by atoms with E-state index in [4.69, 9.17) is 5.73 Å². The van der Waals surface area contributed by atoms with E-state index in [0.717, 1.165) is 17.1 Å². The van der Waals surface area contributed by atoms with Gasteiger partial charge in [-0.25, -0.2) is 0 Å². The quantitative estimate of drug-likeness (QED) is 0.761. The van der Waals surface area contributed by atoms with Gasteiger partial charge in [0.2, 0.25) is 0 Å². The number of nitrogens with two attached hydrogens (primary N) is 1. The lowest BCUT2D eigenvalue weighted by Crippen LogP contribution is -1.97. The molecule has 0 radical (unpaired) electrons. The molecule has 2 heteroatoms. The van der Waals surface area contributed by atoms with Crippen LogP contribution in [0.2, 0.25) is 0 Å². The minimum Gasteiger partial charge on any atom is -0.397 e. The Morgan fingerprint density at radius 1 is 0.882 bits per heavy atom. The van der Waals surface area contributed by atoms with Crippen LogP contribution >= 0.6 is 0 Å². The summed E-state index contributed by atoms with van der Waals surface area (Å²) < 4.78 is 0. The van der Waals surface area contributed by atoms with Crippen LogP contribution in [0.3, 0.4) is 0 Å². The molecule has 3 N–H and O–H groups in total. The lowest BCUT2D eigenvalue weighted by Gasteiger charge is -2.11. The normalized spacial score (nSPS) is 10.3. The van der Waals surface area contributed by atoms with Crippen LogP contribution < -0.4 is 11.1 Å². The number of hydrogen-bond donors (Lipinski definition) is 2. The second-order valence-electron chi connectivity index (χ2n) is 4.51. The van der Waals surface area contributed by atoms with E-state index in [2.05, 4.69) is 50.4 Å². The summed E-state index contributed by atoms with van der Waals surface area (Å²) in [6.07, 6.45) is 0. The number of aryl methyl sites for hydroxylation is 3. The minimum atomic E-state index is 0.772. The molecule has 2 rings (SSSR count). The smallest absolute Gasteiger partial charge is 0.0620 e. The second-order valence-corrected chi connectivity index (χ2v) is 4.51. The van der Waals surface area contributed by atoms with Crippen molar-refractivity contribution in [2.45, 2.75) is 20.8 Å². The predicted molar refractivity (Wildman–Crippen MR) is 74.8 cm³/mol. The van der Waals surface area contributed by atoms with Crippen molar-refractivity contribution >= 4 is 17.1 Å². The molecular weight excluding hydrogens is 208 g/mol. The highest BCUT2D eigenvalue weighted by atomic mass is 14.9. The van der Waals surface area contributed by atoms with Crippen LogP contribution in [0.25, 0.3) is 0 Å². The number of nitrogen functional groups attached to an aromatic ring is 1. The molecular formula is C15H18N2. The summed E-state index contributed by atoms with van der Waals surface area (Å²) in [6, 6.07) is 12.3.